The Balaban J connectivity index is 1.64. The number of rotatable bonds is 4. The van der Waals surface area contributed by atoms with Crippen LogP contribution < -0.4 is 16.0 Å². The van der Waals surface area contributed by atoms with Crippen molar-refractivity contribution < 1.29 is 14.2 Å². The summed E-state index contributed by atoms with van der Waals surface area (Å²) in [5.41, 5.74) is 7.90. The van der Waals surface area contributed by atoms with E-state index in [-0.39, 0.29) is 23.2 Å². The van der Waals surface area contributed by atoms with Gasteiger partial charge in [0.2, 0.25) is 5.88 Å². The fourth-order valence-electron chi connectivity index (χ4n) is 4.32. The first-order chi connectivity index (χ1) is 15.1. The van der Waals surface area contributed by atoms with Crippen molar-refractivity contribution in [2.45, 2.75) is 45.3 Å². The zero-order valence-corrected chi connectivity index (χ0v) is 18.0. The summed E-state index contributed by atoms with van der Waals surface area (Å²) >= 11 is 0. The van der Waals surface area contributed by atoms with E-state index < -0.39 is 17.0 Å². The number of nitrogens with zero attached hydrogens (tertiary/aromatic N) is 2. The molecule has 0 unspecified atom stereocenters. The van der Waals surface area contributed by atoms with Gasteiger partial charge in [0.1, 0.15) is 28.6 Å². The number of ether oxygens (including phenoxy) is 1. The molecule has 0 spiro atoms. The van der Waals surface area contributed by atoms with Crippen molar-refractivity contribution in [1.29, 1.82) is 0 Å². The summed E-state index contributed by atoms with van der Waals surface area (Å²) in [5.74, 6) is 0.160. The highest BCUT2D eigenvalue weighted by Gasteiger charge is 2.40. The Morgan fingerprint density at radius 1 is 1.31 bits per heavy atom. The number of pyridine rings is 2. The molecule has 0 amide bonds. The minimum Gasteiger partial charge on any atom is -0.474 e. The molecule has 0 bridgehead atoms. The van der Waals surface area contributed by atoms with Crippen molar-refractivity contribution >= 4 is 27.6 Å². The maximum Gasteiger partial charge on any atom is 0.272 e. The van der Waals surface area contributed by atoms with Gasteiger partial charge in [-0.15, -0.1) is 0 Å². The first-order valence-corrected chi connectivity index (χ1v) is 10.5. The molecule has 0 atom stereocenters. The quantitative estimate of drug-likeness (QED) is 0.387. The van der Waals surface area contributed by atoms with Gasteiger partial charge in [-0.3, -0.25) is 9.89 Å². The van der Waals surface area contributed by atoms with E-state index in [9.17, 15) is 14.3 Å². The Morgan fingerprint density at radius 3 is 2.78 bits per heavy atom. The van der Waals surface area contributed by atoms with Gasteiger partial charge in [-0.1, -0.05) is 6.07 Å². The number of aliphatic hydroxyl groups is 1. The molecular formula is C23H24FN5O3. The monoisotopic (exact) mass is 437 g/mol. The van der Waals surface area contributed by atoms with Crippen LogP contribution in [0.2, 0.25) is 0 Å². The molecular weight excluding hydrogens is 413 g/mol. The Morgan fingerprint density at radius 2 is 2.06 bits per heavy atom. The van der Waals surface area contributed by atoms with Crippen LogP contribution in [-0.4, -0.2) is 37.0 Å². The van der Waals surface area contributed by atoms with E-state index in [0.717, 1.165) is 18.4 Å². The summed E-state index contributed by atoms with van der Waals surface area (Å²) in [5, 5.41) is 17.3. The molecule has 1 saturated carbocycles. The van der Waals surface area contributed by atoms with E-state index >= 15 is 0 Å². The second-order valence-corrected chi connectivity index (χ2v) is 9.06. The lowest BCUT2D eigenvalue weighted by molar-refractivity contribution is -0.0684. The number of benzene rings is 1. The lowest BCUT2D eigenvalue weighted by Crippen LogP contribution is -2.45. The lowest BCUT2D eigenvalue weighted by atomic mass is 9.72. The van der Waals surface area contributed by atoms with Gasteiger partial charge in [0, 0.05) is 16.5 Å². The maximum absolute atomic E-state index is 14.2. The van der Waals surface area contributed by atoms with E-state index in [1.165, 1.54) is 12.3 Å². The summed E-state index contributed by atoms with van der Waals surface area (Å²) in [6, 6.07) is 4.67. The van der Waals surface area contributed by atoms with Crippen LogP contribution in [-0.2, 0) is 0 Å². The van der Waals surface area contributed by atoms with E-state index in [1.807, 2.05) is 6.92 Å². The van der Waals surface area contributed by atoms with Crippen LogP contribution in [0.3, 0.4) is 0 Å². The van der Waals surface area contributed by atoms with Gasteiger partial charge in [0.15, 0.2) is 0 Å². The zero-order valence-electron chi connectivity index (χ0n) is 18.0. The highest BCUT2D eigenvalue weighted by molar-refractivity contribution is 6.06. The summed E-state index contributed by atoms with van der Waals surface area (Å²) in [7, 11) is 0. The van der Waals surface area contributed by atoms with Gasteiger partial charge in [-0.25, -0.2) is 9.37 Å². The molecule has 1 aliphatic carbocycles. The number of H-pyrrole nitrogens is 2. The second-order valence-electron chi connectivity index (χ2n) is 9.06. The SMILES string of the molecule is Cc1cc2[nH]c(=O)c(N)c(-c3ccc(F)c4[nH]ncc34)c2nc1OC1CC(C(C)(C)O)C1. The number of halogens is 1. The van der Waals surface area contributed by atoms with E-state index in [1.54, 1.807) is 26.0 Å². The molecule has 4 aromatic rings. The number of nitrogen functional groups attached to an aromatic ring is 1. The molecule has 5 rings (SSSR count). The third-order valence-electron chi connectivity index (χ3n) is 6.37. The van der Waals surface area contributed by atoms with Gasteiger partial charge in [-0.2, -0.15) is 5.10 Å². The third kappa shape index (κ3) is 3.20. The number of anilines is 1. The number of aryl methyl sites for hydroxylation is 1. The molecule has 3 aromatic heterocycles. The van der Waals surface area contributed by atoms with Crippen molar-refractivity contribution in [3.63, 3.8) is 0 Å². The summed E-state index contributed by atoms with van der Waals surface area (Å²) < 4.78 is 20.3. The van der Waals surface area contributed by atoms with Crippen molar-refractivity contribution in [3.05, 3.63) is 46.1 Å². The van der Waals surface area contributed by atoms with Crippen LogP contribution in [0, 0.1) is 18.7 Å². The van der Waals surface area contributed by atoms with Gasteiger partial charge in [0.05, 0.1) is 17.3 Å². The molecule has 9 heteroatoms. The molecule has 0 radical (unpaired) electrons. The predicted octanol–water partition coefficient (Wildman–Crippen LogP) is 3.42. The number of hydrogen-bond acceptors (Lipinski definition) is 6. The third-order valence-corrected chi connectivity index (χ3v) is 6.37. The highest BCUT2D eigenvalue weighted by Crippen LogP contribution is 2.40. The number of fused-ring (bicyclic) bond motifs is 2. The predicted molar refractivity (Wildman–Crippen MR) is 120 cm³/mol. The van der Waals surface area contributed by atoms with E-state index in [0.29, 0.717) is 33.4 Å². The van der Waals surface area contributed by atoms with Crippen molar-refractivity contribution in [3.8, 4) is 17.0 Å². The topological polar surface area (TPSA) is 130 Å². The summed E-state index contributed by atoms with van der Waals surface area (Å²) in [6.45, 7) is 5.46. The van der Waals surface area contributed by atoms with Crippen LogP contribution >= 0.6 is 0 Å². The number of aromatic nitrogens is 4. The molecule has 0 aliphatic heterocycles. The molecule has 166 valence electrons. The minimum atomic E-state index is -0.745. The summed E-state index contributed by atoms with van der Waals surface area (Å²) in [4.78, 5) is 20.1. The van der Waals surface area contributed by atoms with Crippen molar-refractivity contribution in [1.82, 2.24) is 20.2 Å². The van der Waals surface area contributed by atoms with Crippen LogP contribution in [0.25, 0.3) is 33.1 Å². The smallest absolute Gasteiger partial charge is 0.272 e. The molecule has 5 N–H and O–H groups in total. The van der Waals surface area contributed by atoms with Gasteiger partial charge >= 0.3 is 0 Å². The molecule has 3 heterocycles. The molecule has 1 aliphatic rings. The van der Waals surface area contributed by atoms with Gasteiger partial charge < -0.3 is 20.6 Å². The minimum absolute atomic E-state index is 0.0142. The molecule has 1 fully saturated rings. The fourth-order valence-corrected chi connectivity index (χ4v) is 4.32. The molecule has 1 aromatic carbocycles. The summed E-state index contributed by atoms with van der Waals surface area (Å²) in [6.07, 6.45) is 2.91. The standard InChI is InChI=1S/C23H24FN5O3/c1-10-6-16-20(28-22(10)32-12-7-11(8-12)23(2,3)31)17(18(25)21(30)27-16)13-4-5-15(24)19-14(13)9-26-29-19/h4-6,9,11-12,31H,7-8,25H2,1-3H3,(H,26,29)(H,27,30). The first-order valence-electron chi connectivity index (χ1n) is 10.5. The average molecular weight is 437 g/mol. The van der Waals surface area contributed by atoms with Crippen LogP contribution in [0.1, 0.15) is 32.3 Å². The molecule has 0 saturated heterocycles. The largest absolute Gasteiger partial charge is 0.474 e. The number of aromatic amines is 2. The Bertz CT molecular complexity index is 1410. The normalized spacial score (nSPS) is 18.8. The fraction of sp³-hybridized carbons (Fsp3) is 0.348. The van der Waals surface area contributed by atoms with Gasteiger partial charge in [0.25, 0.3) is 5.56 Å². The van der Waals surface area contributed by atoms with Crippen molar-refractivity contribution in [2.75, 3.05) is 5.73 Å². The van der Waals surface area contributed by atoms with Gasteiger partial charge in [-0.05, 0) is 57.2 Å². The highest BCUT2D eigenvalue weighted by atomic mass is 19.1. The Hall–Kier alpha value is -3.46. The molecule has 8 nitrogen and oxygen atoms in total. The second kappa shape index (κ2) is 7.03. The maximum atomic E-state index is 14.2. The van der Waals surface area contributed by atoms with E-state index in [4.69, 9.17) is 15.5 Å². The Labute approximate surface area is 182 Å². The number of nitrogens with one attached hydrogen (secondary N) is 2. The number of hydrogen-bond donors (Lipinski definition) is 4. The zero-order chi connectivity index (χ0) is 22.8. The first kappa shape index (κ1) is 20.4. The van der Waals surface area contributed by atoms with E-state index in [2.05, 4.69) is 15.2 Å². The number of nitrogens with two attached hydrogens (primary N) is 1. The average Bonchev–Trinajstić information content (AvgIpc) is 3.17. The van der Waals surface area contributed by atoms with Crippen LogP contribution in [0.5, 0.6) is 5.88 Å². The van der Waals surface area contributed by atoms with Crippen molar-refractivity contribution in [2.24, 2.45) is 5.92 Å². The van der Waals surface area contributed by atoms with Crippen LogP contribution in [0.15, 0.2) is 29.2 Å². The Kier molecular flexibility index (Phi) is 4.49. The lowest BCUT2D eigenvalue weighted by Gasteiger charge is -2.42. The molecule has 32 heavy (non-hydrogen) atoms. The van der Waals surface area contributed by atoms with Crippen LogP contribution in [0.4, 0.5) is 10.1 Å².